The van der Waals surface area contributed by atoms with Crippen LogP contribution in [0.25, 0.3) is 0 Å². The predicted octanol–water partition coefficient (Wildman–Crippen LogP) is 4.12. The van der Waals surface area contributed by atoms with Gasteiger partial charge in [-0.3, -0.25) is 9.59 Å². The van der Waals surface area contributed by atoms with Crippen molar-refractivity contribution in [2.45, 2.75) is 26.7 Å². The predicted molar refractivity (Wildman–Crippen MR) is 108 cm³/mol. The van der Waals surface area contributed by atoms with Gasteiger partial charge < -0.3 is 19.7 Å². The van der Waals surface area contributed by atoms with Crippen molar-refractivity contribution in [2.24, 2.45) is 0 Å². The van der Waals surface area contributed by atoms with Crippen LogP contribution in [0.3, 0.4) is 0 Å². The van der Waals surface area contributed by atoms with Gasteiger partial charge in [-0.05, 0) is 56.2 Å². The third-order valence-corrected chi connectivity index (χ3v) is 4.92. The molecule has 1 heterocycles. The summed E-state index contributed by atoms with van der Waals surface area (Å²) in [5, 5.41) is 3.15. The molecule has 148 valence electrons. The minimum absolute atomic E-state index is 0.115. The molecule has 0 aliphatic carbocycles. The second-order valence-corrected chi connectivity index (χ2v) is 6.82. The maximum atomic E-state index is 12.4. The van der Waals surface area contributed by atoms with Gasteiger partial charge in [0, 0.05) is 25.2 Å². The summed E-state index contributed by atoms with van der Waals surface area (Å²) in [7, 11) is 0. The molecule has 0 saturated heterocycles. The number of halogens is 1. The summed E-state index contributed by atoms with van der Waals surface area (Å²) < 4.78 is 10.6. The van der Waals surface area contributed by atoms with E-state index in [4.69, 9.17) is 21.1 Å². The number of fused-ring (bicyclic) bond motifs is 1. The zero-order valence-electron chi connectivity index (χ0n) is 16.0. The van der Waals surface area contributed by atoms with Crippen molar-refractivity contribution in [3.63, 3.8) is 0 Å². The van der Waals surface area contributed by atoms with Crippen molar-refractivity contribution in [3.8, 4) is 11.5 Å². The Kier molecular flexibility index (Phi) is 6.41. The zero-order chi connectivity index (χ0) is 20.1. The molecule has 0 spiro atoms. The van der Waals surface area contributed by atoms with Crippen molar-refractivity contribution < 1.29 is 19.1 Å². The van der Waals surface area contributed by atoms with Crippen LogP contribution in [0.5, 0.6) is 11.5 Å². The van der Waals surface area contributed by atoms with E-state index in [9.17, 15) is 9.59 Å². The topological polar surface area (TPSA) is 67.9 Å². The molecule has 6 nitrogen and oxygen atoms in total. The monoisotopic (exact) mass is 402 g/mol. The van der Waals surface area contributed by atoms with Crippen LogP contribution >= 0.6 is 11.6 Å². The number of hydrogen-bond acceptors (Lipinski definition) is 4. The molecule has 0 bridgehead atoms. The van der Waals surface area contributed by atoms with Crippen LogP contribution < -0.4 is 14.8 Å². The van der Waals surface area contributed by atoms with Crippen molar-refractivity contribution in [1.82, 2.24) is 4.90 Å². The van der Waals surface area contributed by atoms with E-state index >= 15 is 0 Å². The van der Waals surface area contributed by atoms with Crippen LogP contribution in [0.4, 0.5) is 5.69 Å². The molecular weight excluding hydrogens is 380 g/mol. The first-order chi connectivity index (χ1) is 13.5. The Labute approximate surface area is 169 Å². The Bertz CT molecular complexity index is 881. The smallest absolute Gasteiger partial charge is 0.255 e. The van der Waals surface area contributed by atoms with Crippen LogP contribution in [0.15, 0.2) is 36.4 Å². The van der Waals surface area contributed by atoms with Gasteiger partial charge in [0.1, 0.15) is 0 Å². The lowest BCUT2D eigenvalue weighted by Crippen LogP contribution is -2.30. The molecule has 3 rings (SSSR count). The summed E-state index contributed by atoms with van der Waals surface area (Å²) in [6, 6.07) is 10.6. The number of carbonyl (C=O) groups is 2. The van der Waals surface area contributed by atoms with E-state index in [0.29, 0.717) is 48.0 Å². The van der Waals surface area contributed by atoms with Crippen molar-refractivity contribution in [2.75, 3.05) is 25.2 Å². The lowest BCUT2D eigenvalue weighted by molar-refractivity contribution is -0.116. The van der Waals surface area contributed by atoms with E-state index in [1.807, 2.05) is 32.0 Å². The Morgan fingerprint density at radius 1 is 1.07 bits per heavy atom. The SMILES string of the molecule is CCN(CC)C(=O)c1ccc(NC(=O)CCc2ccc3c(c2)OCO3)cc1Cl. The average molecular weight is 403 g/mol. The quantitative estimate of drug-likeness (QED) is 0.756. The fraction of sp³-hybridized carbons (Fsp3) is 0.333. The normalized spacial score (nSPS) is 12.0. The first kappa shape index (κ1) is 20.0. The van der Waals surface area contributed by atoms with Crippen LogP contribution in [-0.2, 0) is 11.2 Å². The van der Waals surface area contributed by atoms with E-state index in [1.54, 1.807) is 23.1 Å². The molecule has 1 N–H and O–H groups in total. The molecule has 0 radical (unpaired) electrons. The molecule has 0 unspecified atom stereocenters. The molecule has 0 aromatic heterocycles. The van der Waals surface area contributed by atoms with Crippen LogP contribution in [0, 0.1) is 0 Å². The third kappa shape index (κ3) is 4.57. The van der Waals surface area contributed by atoms with Crippen LogP contribution in [-0.4, -0.2) is 36.6 Å². The van der Waals surface area contributed by atoms with Gasteiger partial charge in [-0.1, -0.05) is 17.7 Å². The van der Waals surface area contributed by atoms with Gasteiger partial charge in [0.15, 0.2) is 11.5 Å². The standard InChI is InChI=1S/C21H23ClN2O4/c1-3-24(4-2)21(26)16-8-7-15(12-17(16)22)23-20(25)10-6-14-5-9-18-19(11-14)28-13-27-18/h5,7-9,11-12H,3-4,6,10,13H2,1-2H3,(H,23,25). The van der Waals surface area contributed by atoms with E-state index < -0.39 is 0 Å². The Morgan fingerprint density at radius 2 is 1.82 bits per heavy atom. The largest absolute Gasteiger partial charge is 0.454 e. The Balaban J connectivity index is 1.58. The minimum Gasteiger partial charge on any atom is -0.454 e. The summed E-state index contributed by atoms with van der Waals surface area (Å²) in [4.78, 5) is 26.4. The number of nitrogens with zero attached hydrogens (tertiary/aromatic N) is 1. The molecule has 28 heavy (non-hydrogen) atoms. The molecule has 2 aromatic carbocycles. The van der Waals surface area contributed by atoms with Gasteiger partial charge in [0.25, 0.3) is 5.91 Å². The highest BCUT2D eigenvalue weighted by Gasteiger charge is 2.17. The summed E-state index contributed by atoms with van der Waals surface area (Å²) in [6.07, 6.45) is 0.895. The molecule has 1 aliphatic rings. The fourth-order valence-electron chi connectivity index (χ4n) is 3.03. The Hall–Kier alpha value is -2.73. The van der Waals surface area contributed by atoms with Gasteiger partial charge in [0.2, 0.25) is 12.7 Å². The van der Waals surface area contributed by atoms with Crippen molar-refractivity contribution in [1.29, 1.82) is 0 Å². The van der Waals surface area contributed by atoms with E-state index in [2.05, 4.69) is 5.32 Å². The van der Waals surface area contributed by atoms with Crippen LogP contribution in [0.1, 0.15) is 36.2 Å². The number of rotatable bonds is 7. The van der Waals surface area contributed by atoms with Gasteiger partial charge in [-0.2, -0.15) is 0 Å². The highest BCUT2D eigenvalue weighted by molar-refractivity contribution is 6.34. The molecule has 2 amide bonds. The van der Waals surface area contributed by atoms with Crippen molar-refractivity contribution >= 4 is 29.1 Å². The molecule has 0 saturated carbocycles. The second-order valence-electron chi connectivity index (χ2n) is 6.41. The lowest BCUT2D eigenvalue weighted by Gasteiger charge is -2.19. The van der Waals surface area contributed by atoms with Gasteiger partial charge >= 0.3 is 0 Å². The lowest BCUT2D eigenvalue weighted by atomic mass is 10.1. The summed E-state index contributed by atoms with van der Waals surface area (Å²) >= 11 is 6.27. The first-order valence-electron chi connectivity index (χ1n) is 9.29. The maximum absolute atomic E-state index is 12.4. The highest BCUT2D eigenvalue weighted by Crippen LogP contribution is 2.32. The molecular formula is C21H23ClN2O4. The second kappa shape index (κ2) is 8.97. The number of benzene rings is 2. The number of aryl methyl sites for hydroxylation is 1. The fourth-order valence-corrected chi connectivity index (χ4v) is 3.29. The number of amides is 2. The van der Waals surface area contributed by atoms with Gasteiger partial charge in [-0.15, -0.1) is 0 Å². The molecule has 0 fully saturated rings. The maximum Gasteiger partial charge on any atom is 0.255 e. The van der Waals surface area contributed by atoms with E-state index in [0.717, 1.165) is 11.3 Å². The average Bonchev–Trinajstić information content (AvgIpc) is 3.15. The number of ether oxygens (including phenoxy) is 2. The molecule has 1 aliphatic heterocycles. The van der Waals surface area contributed by atoms with Crippen molar-refractivity contribution in [3.05, 3.63) is 52.5 Å². The summed E-state index contributed by atoms with van der Waals surface area (Å²) in [5.74, 6) is 1.19. The van der Waals surface area contributed by atoms with Gasteiger partial charge in [0.05, 0.1) is 10.6 Å². The number of carbonyl (C=O) groups excluding carboxylic acids is 2. The minimum atomic E-state index is -0.128. The molecule has 0 atom stereocenters. The summed E-state index contributed by atoms with van der Waals surface area (Å²) in [5.41, 5.74) is 2.00. The Morgan fingerprint density at radius 3 is 2.54 bits per heavy atom. The number of nitrogens with one attached hydrogen (secondary N) is 1. The highest BCUT2D eigenvalue weighted by atomic mass is 35.5. The van der Waals surface area contributed by atoms with E-state index in [-0.39, 0.29) is 18.6 Å². The number of anilines is 1. The third-order valence-electron chi connectivity index (χ3n) is 4.61. The van der Waals surface area contributed by atoms with Crippen LogP contribution in [0.2, 0.25) is 5.02 Å². The zero-order valence-corrected chi connectivity index (χ0v) is 16.7. The summed E-state index contributed by atoms with van der Waals surface area (Å²) in [6.45, 7) is 5.30. The van der Waals surface area contributed by atoms with E-state index in [1.165, 1.54) is 0 Å². The molecule has 7 heteroatoms. The number of hydrogen-bond donors (Lipinski definition) is 1. The first-order valence-corrected chi connectivity index (χ1v) is 9.66. The van der Waals surface area contributed by atoms with Gasteiger partial charge in [-0.25, -0.2) is 0 Å². The molecule has 2 aromatic rings.